The normalized spacial score (nSPS) is 10.6. The highest BCUT2D eigenvalue weighted by Gasteiger charge is 2.08. The van der Waals surface area contributed by atoms with Crippen molar-refractivity contribution in [1.29, 1.82) is 0 Å². The lowest BCUT2D eigenvalue weighted by molar-refractivity contribution is 0.782. The zero-order valence-electron chi connectivity index (χ0n) is 8.04. The monoisotopic (exact) mass is 285 g/mol. The van der Waals surface area contributed by atoms with Crippen LogP contribution in [0.3, 0.4) is 0 Å². The number of anilines is 1. The number of halogens is 2. The molecule has 0 spiro atoms. The molecule has 1 heterocycles. The van der Waals surface area contributed by atoms with E-state index in [9.17, 15) is 0 Å². The van der Waals surface area contributed by atoms with E-state index in [-0.39, 0.29) is 0 Å². The summed E-state index contributed by atoms with van der Waals surface area (Å²) in [5.41, 5.74) is 7.36. The standard InChI is InChI=1S/C10H9BrClN3/c1-15-10(13)5-9(14-15)7-4-6(11)2-3-8(7)12/h2-5H,13H2,1H3. The van der Waals surface area contributed by atoms with Gasteiger partial charge in [-0.3, -0.25) is 4.68 Å². The summed E-state index contributed by atoms with van der Waals surface area (Å²) in [6, 6.07) is 7.43. The minimum Gasteiger partial charge on any atom is -0.384 e. The molecule has 1 aromatic carbocycles. The molecular weight excluding hydrogens is 277 g/mol. The molecule has 0 aliphatic rings. The van der Waals surface area contributed by atoms with Crippen molar-refractivity contribution >= 4 is 33.3 Å². The van der Waals surface area contributed by atoms with Crippen LogP contribution in [0.25, 0.3) is 11.3 Å². The first kappa shape index (κ1) is 10.5. The molecule has 2 aromatic rings. The third-order valence-electron chi connectivity index (χ3n) is 2.12. The van der Waals surface area contributed by atoms with Crippen LogP contribution in [0.5, 0.6) is 0 Å². The fourth-order valence-corrected chi connectivity index (χ4v) is 1.88. The summed E-state index contributed by atoms with van der Waals surface area (Å²) in [6.07, 6.45) is 0. The fraction of sp³-hybridized carbons (Fsp3) is 0.100. The maximum absolute atomic E-state index is 6.08. The molecule has 0 saturated heterocycles. The molecular formula is C10H9BrClN3. The second-order valence-electron chi connectivity index (χ2n) is 3.20. The van der Waals surface area contributed by atoms with Crippen LogP contribution in [0.1, 0.15) is 0 Å². The molecule has 0 fully saturated rings. The van der Waals surface area contributed by atoms with E-state index >= 15 is 0 Å². The largest absolute Gasteiger partial charge is 0.384 e. The van der Waals surface area contributed by atoms with Crippen molar-refractivity contribution in [3.63, 3.8) is 0 Å². The Bertz CT molecular complexity index is 488. The Labute approximate surface area is 101 Å². The summed E-state index contributed by atoms with van der Waals surface area (Å²) in [4.78, 5) is 0. The molecule has 0 unspecified atom stereocenters. The summed E-state index contributed by atoms with van der Waals surface area (Å²) < 4.78 is 2.58. The van der Waals surface area contributed by atoms with E-state index in [1.54, 1.807) is 17.8 Å². The Morgan fingerprint density at radius 2 is 2.13 bits per heavy atom. The van der Waals surface area contributed by atoms with Gasteiger partial charge in [0.1, 0.15) is 5.82 Å². The molecule has 1 aromatic heterocycles. The van der Waals surface area contributed by atoms with Crippen molar-refractivity contribution in [3.8, 4) is 11.3 Å². The van der Waals surface area contributed by atoms with Crippen LogP contribution in [-0.2, 0) is 7.05 Å². The molecule has 15 heavy (non-hydrogen) atoms. The van der Waals surface area contributed by atoms with E-state index in [0.717, 1.165) is 15.7 Å². The van der Waals surface area contributed by atoms with Gasteiger partial charge >= 0.3 is 0 Å². The van der Waals surface area contributed by atoms with Gasteiger partial charge in [0.05, 0.1) is 10.7 Å². The molecule has 0 atom stereocenters. The van der Waals surface area contributed by atoms with Crippen LogP contribution >= 0.6 is 27.5 Å². The van der Waals surface area contributed by atoms with Crippen LogP contribution < -0.4 is 5.73 Å². The van der Waals surface area contributed by atoms with Gasteiger partial charge in [-0.15, -0.1) is 0 Å². The highest BCUT2D eigenvalue weighted by molar-refractivity contribution is 9.10. The SMILES string of the molecule is Cn1nc(-c2cc(Br)ccc2Cl)cc1N. The average Bonchev–Trinajstić information content (AvgIpc) is 2.51. The summed E-state index contributed by atoms with van der Waals surface area (Å²) >= 11 is 9.48. The minimum atomic E-state index is 0.612. The molecule has 0 amide bonds. The second kappa shape index (κ2) is 3.87. The Balaban J connectivity index is 2.58. The third-order valence-corrected chi connectivity index (χ3v) is 2.94. The Morgan fingerprint density at radius 1 is 1.40 bits per heavy atom. The number of nitrogen functional groups attached to an aromatic ring is 1. The van der Waals surface area contributed by atoms with Gasteiger partial charge in [-0.1, -0.05) is 27.5 Å². The van der Waals surface area contributed by atoms with Crippen molar-refractivity contribution in [2.75, 3.05) is 5.73 Å². The van der Waals surface area contributed by atoms with Crippen LogP contribution in [0.15, 0.2) is 28.7 Å². The molecule has 0 radical (unpaired) electrons. The number of hydrogen-bond donors (Lipinski definition) is 1. The van der Waals surface area contributed by atoms with Crippen LogP contribution in [0.2, 0.25) is 5.02 Å². The van der Waals surface area contributed by atoms with E-state index in [0.29, 0.717) is 10.8 Å². The highest BCUT2D eigenvalue weighted by Crippen LogP contribution is 2.30. The van der Waals surface area contributed by atoms with E-state index in [1.165, 1.54) is 0 Å². The molecule has 2 rings (SSSR count). The zero-order chi connectivity index (χ0) is 11.0. The van der Waals surface area contributed by atoms with E-state index in [4.69, 9.17) is 17.3 Å². The fourth-order valence-electron chi connectivity index (χ4n) is 1.31. The Kier molecular flexibility index (Phi) is 2.71. The number of hydrogen-bond acceptors (Lipinski definition) is 2. The molecule has 0 aliphatic heterocycles. The quantitative estimate of drug-likeness (QED) is 0.875. The summed E-state index contributed by atoms with van der Waals surface area (Å²) in [6.45, 7) is 0. The van der Waals surface area contributed by atoms with Crippen molar-refractivity contribution in [2.24, 2.45) is 7.05 Å². The number of rotatable bonds is 1. The van der Waals surface area contributed by atoms with E-state index in [2.05, 4.69) is 21.0 Å². The molecule has 0 aliphatic carbocycles. The van der Waals surface area contributed by atoms with Crippen molar-refractivity contribution < 1.29 is 0 Å². The van der Waals surface area contributed by atoms with Crippen molar-refractivity contribution in [2.45, 2.75) is 0 Å². The van der Waals surface area contributed by atoms with Gasteiger partial charge in [0, 0.05) is 23.2 Å². The summed E-state index contributed by atoms with van der Waals surface area (Å²) in [5.74, 6) is 0.612. The van der Waals surface area contributed by atoms with Gasteiger partial charge in [-0.2, -0.15) is 5.10 Å². The number of nitrogens with two attached hydrogens (primary N) is 1. The molecule has 2 N–H and O–H groups in total. The number of aryl methyl sites for hydroxylation is 1. The lowest BCUT2D eigenvalue weighted by atomic mass is 10.1. The predicted octanol–water partition coefficient (Wildman–Crippen LogP) is 3.09. The van der Waals surface area contributed by atoms with Crippen molar-refractivity contribution in [3.05, 3.63) is 33.8 Å². The van der Waals surface area contributed by atoms with Gasteiger partial charge in [0.2, 0.25) is 0 Å². The zero-order valence-corrected chi connectivity index (χ0v) is 10.4. The number of nitrogens with zero attached hydrogens (tertiary/aromatic N) is 2. The molecule has 3 nitrogen and oxygen atoms in total. The first-order chi connectivity index (χ1) is 7.08. The average molecular weight is 287 g/mol. The Morgan fingerprint density at radius 3 is 2.73 bits per heavy atom. The first-order valence-electron chi connectivity index (χ1n) is 4.33. The predicted molar refractivity (Wildman–Crippen MR) is 65.8 cm³/mol. The number of benzene rings is 1. The topological polar surface area (TPSA) is 43.8 Å². The molecule has 0 saturated carbocycles. The summed E-state index contributed by atoms with van der Waals surface area (Å²) in [5, 5.41) is 4.93. The maximum Gasteiger partial charge on any atom is 0.121 e. The van der Waals surface area contributed by atoms with Crippen LogP contribution in [0.4, 0.5) is 5.82 Å². The molecule has 5 heteroatoms. The van der Waals surface area contributed by atoms with Crippen LogP contribution in [0, 0.1) is 0 Å². The Hall–Kier alpha value is -1.00. The lowest BCUT2D eigenvalue weighted by Crippen LogP contribution is -1.96. The third kappa shape index (κ3) is 2.01. The summed E-state index contributed by atoms with van der Waals surface area (Å²) in [7, 11) is 1.80. The van der Waals surface area contributed by atoms with Crippen LogP contribution in [-0.4, -0.2) is 9.78 Å². The lowest BCUT2D eigenvalue weighted by Gasteiger charge is -2.00. The van der Waals surface area contributed by atoms with E-state index in [1.807, 2.05) is 18.2 Å². The van der Waals surface area contributed by atoms with Gasteiger partial charge in [-0.25, -0.2) is 0 Å². The van der Waals surface area contributed by atoms with Gasteiger partial charge in [0.25, 0.3) is 0 Å². The number of aromatic nitrogens is 2. The minimum absolute atomic E-state index is 0.612. The second-order valence-corrected chi connectivity index (χ2v) is 4.53. The van der Waals surface area contributed by atoms with Gasteiger partial charge in [-0.05, 0) is 18.2 Å². The first-order valence-corrected chi connectivity index (χ1v) is 5.50. The molecule has 0 bridgehead atoms. The van der Waals surface area contributed by atoms with Crippen molar-refractivity contribution in [1.82, 2.24) is 9.78 Å². The van der Waals surface area contributed by atoms with Gasteiger partial charge < -0.3 is 5.73 Å². The highest BCUT2D eigenvalue weighted by atomic mass is 79.9. The smallest absolute Gasteiger partial charge is 0.121 e. The van der Waals surface area contributed by atoms with E-state index < -0.39 is 0 Å². The molecule has 78 valence electrons. The van der Waals surface area contributed by atoms with Gasteiger partial charge in [0.15, 0.2) is 0 Å². The maximum atomic E-state index is 6.08.